The normalized spacial score (nSPS) is 14.8. The molecule has 3 rings (SSSR count). The summed E-state index contributed by atoms with van der Waals surface area (Å²) in [5.74, 6) is 0.0109. The average molecular weight is 379 g/mol. The largest absolute Gasteiger partial charge is 0.384 e. The van der Waals surface area contributed by atoms with Gasteiger partial charge in [0.2, 0.25) is 5.91 Å². The van der Waals surface area contributed by atoms with Gasteiger partial charge < -0.3 is 10.4 Å². The highest BCUT2D eigenvalue weighted by Crippen LogP contribution is 2.31. The van der Waals surface area contributed by atoms with E-state index in [1.54, 1.807) is 0 Å². The molecule has 2 N–H and O–H groups in total. The molecule has 0 fully saturated rings. The maximum atomic E-state index is 11.4. The molecule has 2 aromatic carbocycles. The number of hydrogen-bond donors (Lipinski definition) is 2. The van der Waals surface area contributed by atoms with Crippen LogP contribution in [0.4, 0.5) is 5.69 Å². The molecule has 1 heterocycles. The summed E-state index contributed by atoms with van der Waals surface area (Å²) in [5.41, 5.74) is 4.69. The quantitative estimate of drug-likeness (QED) is 0.788. The van der Waals surface area contributed by atoms with E-state index >= 15 is 0 Å². The van der Waals surface area contributed by atoms with Crippen molar-refractivity contribution < 1.29 is 9.90 Å². The van der Waals surface area contributed by atoms with Crippen molar-refractivity contribution in [3.8, 4) is 0 Å². The van der Waals surface area contributed by atoms with Crippen molar-refractivity contribution in [2.45, 2.75) is 19.4 Å². The van der Waals surface area contributed by atoms with Gasteiger partial charge in [-0.3, -0.25) is 4.79 Å². The van der Waals surface area contributed by atoms with Crippen LogP contribution >= 0.6 is 22.6 Å². The Morgan fingerprint density at radius 1 is 1.30 bits per heavy atom. The van der Waals surface area contributed by atoms with Gasteiger partial charge in [0.25, 0.3) is 0 Å². The molecular weight excluding hydrogens is 365 g/mol. The highest BCUT2D eigenvalue weighted by molar-refractivity contribution is 14.1. The Kier molecular flexibility index (Phi) is 3.52. The third-order valence-electron chi connectivity index (χ3n) is 3.59. The summed E-state index contributed by atoms with van der Waals surface area (Å²) in [5, 5.41) is 13.4. The maximum absolute atomic E-state index is 11.4. The number of benzene rings is 2. The van der Waals surface area contributed by atoms with Gasteiger partial charge in [0.15, 0.2) is 0 Å². The lowest BCUT2D eigenvalue weighted by Crippen LogP contribution is -2.03. The monoisotopic (exact) mass is 379 g/mol. The Hall–Kier alpha value is -1.40. The minimum atomic E-state index is -0.664. The van der Waals surface area contributed by atoms with Gasteiger partial charge in [-0.15, -0.1) is 0 Å². The van der Waals surface area contributed by atoms with Gasteiger partial charge in [0.05, 0.1) is 6.42 Å². The molecule has 0 radical (unpaired) electrons. The van der Waals surface area contributed by atoms with Crippen molar-refractivity contribution in [3.63, 3.8) is 0 Å². The van der Waals surface area contributed by atoms with Gasteiger partial charge in [-0.1, -0.05) is 30.3 Å². The van der Waals surface area contributed by atoms with E-state index in [-0.39, 0.29) is 5.91 Å². The van der Waals surface area contributed by atoms with Crippen molar-refractivity contribution in [2.24, 2.45) is 0 Å². The first-order chi connectivity index (χ1) is 9.56. The van der Waals surface area contributed by atoms with Crippen molar-refractivity contribution in [1.82, 2.24) is 0 Å². The molecule has 20 heavy (non-hydrogen) atoms. The van der Waals surface area contributed by atoms with Crippen LogP contribution in [0.3, 0.4) is 0 Å². The van der Waals surface area contributed by atoms with Crippen LogP contribution in [0.5, 0.6) is 0 Å². The first kappa shape index (κ1) is 13.6. The predicted molar refractivity (Wildman–Crippen MR) is 86.7 cm³/mol. The van der Waals surface area contributed by atoms with Gasteiger partial charge in [0, 0.05) is 9.26 Å². The molecule has 0 saturated heterocycles. The Labute approximate surface area is 131 Å². The van der Waals surface area contributed by atoms with Crippen LogP contribution in [0.15, 0.2) is 36.4 Å². The number of halogens is 1. The number of carbonyl (C=O) groups excluding carboxylic acids is 1. The molecule has 1 atom stereocenters. The van der Waals surface area contributed by atoms with E-state index in [1.807, 2.05) is 43.3 Å². The number of aliphatic hydroxyl groups excluding tert-OH is 1. The summed E-state index contributed by atoms with van der Waals surface area (Å²) in [6, 6.07) is 11.6. The van der Waals surface area contributed by atoms with Crippen LogP contribution in [0.25, 0.3) is 0 Å². The van der Waals surface area contributed by atoms with E-state index in [9.17, 15) is 9.90 Å². The van der Waals surface area contributed by atoms with Crippen LogP contribution in [-0.4, -0.2) is 11.0 Å². The number of aryl methyl sites for hydroxylation is 1. The molecule has 1 amide bonds. The minimum absolute atomic E-state index is 0.0109. The second-order valence-electron chi connectivity index (χ2n) is 5.02. The van der Waals surface area contributed by atoms with Crippen LogP contribution < -0.4 is 5.32 Å². The van der Waals surface area contributed by atoms with Crippen LogP contribution in [0.1, 0.15) is 28.4 Å². The zero-order valence-corrected chi connectivity index (χ0v) is 13.1. The molecule has 1 aliphatic rings. The fraction of sp³-hybridized carbons (Fsp3) is 0.188. The van der Waals surface area contributed by atoms with Gasteiger partial charge in [-0.25, -0.2) is 0 Å². The lowest BCUT2D eigenvalue weighted by atomic mass is 9.98. The highest BCUT2D eigenvalue weighted by atomic mass is 127. The number of amides is 1. The summed E-state index contributed by atoms with van der Waals surface area (Å²) in [6.07, 6.45) is -0.274. The lowest BCUT2D eigenvalue weighted by Gasteiger charge is -2.15. The summed E-state index contributed by atoms with van der Waals surface area (Å²) >= 11 is 2.26. The van der Waals surface area contributed by atoms with E-state index in [2.05, 4.69) is 27.9 Å². The molecule has 0 spiro atoms. The van der Waals surface area contributed by atoms with Crippen LogP contribution in [0.2, 0.25) is 0 Å². The summed E-state index contributed by atoms with van der Waals surface area (Å²) < 4.78 is 1.08. The fourth-order valence-electron chi connectivity index (χ4n) is 2.48. The molecule has 2 aromatic rings. The van der Waals surface area contributed by atoms with E-state index in [0.29, 0.717) is 6.42 Å². The molecule has 0 bridgehead atoms. The second-order valence-corrected chi connectivity index (χ2v) is 6.10. The number of rotatable bonds is 2. The van der Waals surface area contributed by atoms with Crippen molar-refractivity contribution in [1.29, 1.82) is 0 Å². The van der Waals surface area contributed by atoms with Crippen molar-refractivity contribution >= 4 is 34.2 Å². The Bertz CT molecular complexity index is 697. The third kappa shape index (κ3) is 2.33. The minimum Gasteiger partial charge on any atom is -0.384 e. The third-order valence-corrected chi connectivity index (χ3v) is 5.06. The molecule has 1 aliphatic heterocycles. The van der Waals surface area contributed by atoms with E-state index in [1.165, 1.54) is 0 Å². The number of aliphatic hydroxyl groups is 1. The molecule has 3 nitrogen and oxygen atoms in total. The van der Waals surface area contributed by atoms with Gasteiger partial charge >= 0.3 is 0 Å². The molecule has 0 aromatic heterocycles. The van der Waals surface area contributed by atoms with Crippen LogP contribution in [0, 0.1) is 10.5 Å². The average Bonchev–Trinajstić information content (AvgIpc) is 2.80. The number of fused-ring (bicyclic) bond motifs is 1. The summed E-state index contributed by atoms with van der Waals surface area (Å²) in [4.78, 5) is 11.4. The number of carbonyl (C=O) groups is 1. The number of nitrogens with one attached hydrogen (secondary N) is 1. The van der Waals surface area contributed by atoms with E-state index in [4.69, 9.17) is 0 Å². The van der Waals surface area contributed by atoms with Crippen molar-refractivity contribution in [3.05, 3.63) is 62.2 Å². The first-order valence-electron chi connectivity index (χ1n) is 6.42. The summed E-state index contributed by atoms with van der Waals surface area (Å²) in [6.45, 7) is 2.03. The molecule has 4 heteroatoms. The zero-order valence-electron chi connectivity index (χ0n) is 11.0. The topological polar surface area (TPSA) is 49.3 Å². The summed E-state index contributed by atoms with van der Waals surface area (Å²) in [7, 11) is 0. The Morgan fingerprint density at radius 2 is 2.10 bits per heavy atom. The van der Waals surface area contributed by atoms with E-state index < -0.39 is 6.10 Å². The van der Waals surface area contributed by atoms with Gasteiger partial charge in [-0.05, 0) is 57.8 Å². The Balaban J connectivity index is 1.99. The molecule has 0 aliphatic carbocycles. The SMILES string of the molecule is Cc1cccc(C(O)c2ccc3c(c2)CC(=O)N3)c1I. The van der Waals surface area contributed by atoms with Gasteiger partial charge in [-0.2, -0.15) is 0 Å². The fourth-order valence-corrected chi connectivity index (χ4v) is 3.13. The molecular formula is C16H14INO2. The predicted octanol–water partition coefficient (Wildman–Crippen LogP) is 3.18. The lowest BCUT2D eigenvalue weighted by molar-refractivity contribution is -0.115. The number of anilines is 1. The van der Waals surface area contributed by atoms with E-state index in [0.717, 1.165) is 31.5 Å². The van der Waals surface area contributed by atoms with Crippen molar-refractivity contribution in [2.75, 3.05) is 5.32 Å². The molecule has 102 valence electrons. The number of hydrogen-bond acceptors (Lipinski definition) is 2. The molecule has 1 unspecified atom stereocenters. The maximum Gasteiger partial charge on any atom is 0.228 e. The Morgan fingerprint density at radius 3 is 2.90 bits per heavy atom. The zero-order chi connectivity index (χ0) is 14.3. The molecule has 0 saturated carbocycles. The van der Waals surface area contributed by atoms with Crippen LogP contribution in [-0.2, 0) is 11.2 Å². The van der Waals surface area contributed by atoms with Gasteiger partial charge in [0.1, 0.15) is 6.10 Å². The standard InChI is InChI=1S/C16H14INO2/c1-9-3-2-4-12(15(9)17)16(20)10-5-6-13-11(7-10)8-14(19)18-13/h2-7,16,20H,8H2,1H3,(H,18,19). The second kappa shape index (κ2) is 5.18. The first-order valence-corrected chi connectivity index (χ1v) is 7.50. The highest BCUT2D eigenvalue weighted by Gasteiger charge is 2.21. The smallest absolute Gasteiger partial charge is 0.228 e.